The molecule has 0 saturated carbocycles. The quantitative estimate of drug-likeness (QED) is 0.619. The summed E-state index contributed by atoms with van der Waals surface area (Å²) in [6.45, 7) is 15.4. The molecule has 1 aliphatic rings. The normalized spacial score (nSPS) is 19.7. The first-order valence-corrected chi connectivity index (χ1v) is 7.89. The third-order valence-electron chi connectivity index (χ3n) is 4.24. The van der Waals surface area contributed by atoms with Gasteiger partial charge in [0.05, 0.1) is 11.2 Å². The highest BCUT2D eigenvalue weighted by molar-refractivity contribution is 6.62. The van der Waals surface area contributed by atoms with Crippen LogP contribution in [0.4, 0.5) is 0 Å². The fourth-order valence-corrected chi connectivity index (χ4v) is 2.24. The zero-order valence-electron chi connectivity index (χ0n) is 15.3. The number of hydrogen-bond acceptors (Lipinski definition) is 5. The molecular weight excluding hydrogens is 293 g/mol. The molecule has 1 aromatic rings. The van der Waals surface area contributed by atoms with Gasteiger partial charge in [-0.1, -0.05) is 6.07 Å². The summed E-state index contributed by atoms with van der Waals surface area (Å²) in [6, 6.07) is 3.48. The SMILES string of the molecule is Cc1nc(C(=O)OC(C)(C)C)ccc1B1OC(C)(C)C(C)(C)O1. The summed E-state index contributed by atoms with van der Waals surface area (Å²) in [5.74, 6) is -0.430. The van der Waals surface area contributed by atoms with Crippen molar-refractivity contribution < 1.29 is 18.8 Å². The molecule has 1 aliphatic heterocycles. The molecular formula is C17H26BNO4. The van der Waals surface area contributed by atoms with Gasteiger partial charge < -0.3 is 14.0 Å². The zero-order chi connectivity index (χ0) is 17.6. The molecule has 0 amide bonds. The lowest BCUT2D eigenvalue weighted by molar-refractivity contribution is 0.00578. The van der Waals surface area contributed by atoms with Gasteiger partial charge in [-0.2, -0.15) is 0 Å². The molecule has 0 atom stereocenters. The van der Waals surface area contributed by atoms with E-state index in [1.165, 1.54) is 0 Å². The molecule has 2 rings (SSSR count). The Morgan fingerprint density at radius 1 is 1.13 bits per heavy atom. The Labute approximate surface area is 138 Å². The van der Waals surface area contributed by atoms with Crippen molar-refractivity contribution in [3.63, 3.8) is 0 Å². The lowest BCUT2D eigenvalue weighted by Crippen LogP contribution is -2.41. The van der Waals surface area contributed by atoms with Crippen LogP contribution in [0.5, 0.6) is 0 Å². The van der Waals surface area contributed by atoms with Gasteiger partial charge in [-0.25, -0.2) is 9.78 Å². The van der Waals surface area contributed by atoms with Gasteiger partial charge in [0.1, 0.15) is 11.3 Å². The zero-order valence-corrected chi connectivity index (χ0v) is 15.3. The fourth-order valence-electron chi connectivity index (χ4n) is 2.24. The van der Waals surface area contributed by atoms with Gasteiger partial charge in [-0.3, -0.25) is 0 Å². The van der Waals surface area contributed by atoms with E-state index < -0.39 is 29.9 Å². The minimum Gasteiger partial charge on any atom is -0.455 e. The Balaban J connectivity index is 2.23. The molecule has 0 aliphatic carbocycles. The average Bonchev–Trinajstić information content (AvgIpc) is 2.55. The van der Waals surface area contributed by atoms with Gasteiger partial charge in [-0.15, -0.1) is 0 Å². The van der Waals surface area contributed by atoms with Crippen LogP contribution < -0.4 is 5.46 Å². The van der Waals surface area contributed by atoms with E-state index >= 15 is 0 Å². The summed E-state index contributed by atoms with van der Waals surface area (Å²) < 4.78 is 17.4. The van der Waals surface area contributed by atoms with Gasteiger partial charge in [-0.05, 0) is 61.5 Å². The Morgan fingerprint density at radius 3 is 2.09 bits per heavy atom. The summed E-state index contributed by atoms with van der Waals surface area (Å²) in [5, 5.41) is 0. The standard InChI is InChI=1S/C17H26BNO4/c1-11-12(18-22-16(5,6)17(7,8)23-18)9-10-13(19-11)14(20)21-15(2,3)4/h9-10H,1-8H3. The molecule has 2 heterocycles. The van der Waals surface area contributed by atoms with Crippen LogP contribution >= 0.6 is 0 Å². The van der Waals surface area contributed by atoms with E-state index in [1.807, 2.05) is 61.5 Å². The number of aryl methyl sites for hydroxylation is 1. The monoisotopic (exact) mass is 319 g/mol. The summed E-state index contributed by atoms with van der Waals surface area (Å²) >= 11 is 0. The topological polar surface area (TPSA) is 57.7 Å². The van der Waals surface area contributed by atoms with Gasteiger partial charge in [0.15, 0.2) is 0 Å². The van der Waals surface area contributed by atoms with Crippen LogP contribution in [0.2, 0.25) is 0 Å². The highest BCUT2D eigenvalue weighted by atomic mass is 16.7. The first-order valence-electron chi connectivity index (χ1n) is 7.89. The van der Waals surface area contributed by atoms with Crippen molar-refractivity contribution >= 4 is 18.6 Å². The molecule has 23 heavy (non-hydrogen) atoms. The van der Waals surface area contributed by atoms with E-state index in [4.69, 9.17) is 14.0 Å². The molecule has 0 radical (unpaired) electrons. The number of carbonyl (C=O) groups excluding carboxylic acids is 1. The molecule has 5 nitrogen and oxygen atoms in total. The first-order chi connectivity index (χ1) is 10.3. The second-order valence-corrected chi connectivity index (χ2v) is 7.96. The number of rotatable bonds is 2. The first kappa shape index (κ1) is 18.0. The number of carbonyl (C=O) groups is 1. The average molecular weight is 319 g/mol. The molecule has 1 fully saturated rings. The molecule has 6 heteroatoms. The van der Waals surface area contributed by atoms with E-state index in [-0.39, 0.29) is 5.69 Å². The Hall–Kier alpha value is -1.40. The van der Waals surface area contributed by atoms with Crippen LogP contribution in [0.25, 0.3) is 0 Å². The van der Waals surface area contributed by atoms with Crippen molar-refractivity contribution in [1.82, 2.24) is 4.98 Å². The molecule has 1 aromatic heterocycles. The minimum atomic E-state index is -0.545. The summed E-state index contributed by atoms with van der Waals surface area (Å²) in [4.78, 5) is 16.5. The fraction of sp³-hybridized carbons (Fsp3) is 0.647. The second-order valence-electron chi connectivity index (χ2n) is 7.96. The van der Waals surface area contributed by atoms with Crippen LogP contribution in [-0.4, -0.2) is 34.9 Å². The smallest absolute Gasteiger partial charge is 0.455 e. The van der Waals surface area contributed by atoms with Crippen molar-refractivity contribution in [2.24, 2.45) is 0 Å². The number of esters is 1. The van der Waals surface area contributed by atoms with Gasteiger partial charge in [0, 0.05) is 11.2 Å². The Morgan fingerprint density at radius 2 is 1.65 bits per heavy atom. The van der Waals surface area contributed by atoms with E-state index in [2.05, 4.69) is 4.98 Å². The van der Waals surface area contributed by atoms with E-state index in [0.717, 1.165) is 5.46 Å². The van der Waals surface area contributed by atoms with E-state index in [0.29, 0.717) is 5.69 Å². The third kappa shape index (κ3) is 3.75. The molecule has 0 unspecified atom stereocenters. The second kappa shape index (κ2) is 5.60. The maximum atomic E-state index is 12.1. The predicted molar refractivity (Wildman–Crippen MR) is 89.9 cm³/mol. The molecule has 0 aromatic carbocycles. The summed E-state index contributed by atoms with van der Waals surface area (Å²) in [5.41, 5.74) is 0.458. The summed E-state index contributed by atoms with van der Waals surface area (Å²) in [6.07, 6.45) is 0. The molecule has 126 valence electrons. The largest absolute Gasteiger partial charge is 0.496 e. The van der Waals surface area contributed by atoms with Crippen molar-refractivity contribution in [1.29, 1.82) is 0 Å². The number of nitrogens with zero attached hydrogens (tertiary/aromatic N) is 1. The molecule has 1 saturated heterocycles. The Bertz CT molecular complexity index is 604. The van der Waals surface area contributed by atoms with E-state index in [9.17, 15) is 4.79 Å². The van der Waals surface area contributed by atoms with Crippen LogP contribution in [0.1, 0.15) is 64.6 Å². The van der Waals surface area contributed by atoms with Crippen LogP contribution in [-0.2, 0) is 14.0 Å². The maximum Gasteiger partial charge on any atom is 0.496 e. The Kier molecular flexibility index (Phi) is 4.37. The van der Waals surface area contributed by atoms with Crippen molar-refractivity contribution in [3.05, 3.63) is 23.5 Å². The number of hydrogen-bond donors (Lipinski definition) is 0. The third-order valence-corrected chi connectivity index (χ3v) is 4.24. The maximum absolute atomic E-state index is 12.1. The summed E-state index contributed by atoms with van der Waals surface area (Å²) in [7, 11) is -0.486. The van der Waals surface area contributed by atoms with Gasteiger partial charge >= 0.3 is 13.1 Å². The highest BCUT2D eigenvalue weighted by Crippen LogP contribution is 2.36. The van der Waals surface area contributed by atoms with E-state index in [1.54, 1.807) is 6.07 Å². The van der Waals surface area contributed by atoms with Gasteiger partial charge in [0.2, 0.25) is 0 Å². The highest BCUT2D eigenvalue weighted by Gasteiger charge is 2.52. The number of aromatic nitrogens is 1. The van der Waals surface area contributed by atoms with Crippen molar-refractivity contribution in [2.45, 2.75) is 72.2 Å². The van der Waals surface area contributed by atoms with Gasteiger partial charge in [0.25, 0.3) is 0 Å². The van der Waals surface area contributed by atoms with Crippen LogP contribution in [0, 0.1) is 6.92 Å². The lowest BCUT2D eigenvalue weighted by Gasteiger charge is -2.32. The lowest BCUT2D eigenvalue weighted by atomic mass is 9.78. The van der Waals surface area contributed by atoms with Crippen molar-refractivity contribution in [3.8, 4) is 0 Å². The predicted octanol–water partition coefficient (Wildman–Crippen LogP) is 2.64. The molecule has 0 bridgehead atoms. The number of pyridine rings is 1. The van der Waals surface area contributed by atoms with Crippen LogP contribution in [0.3, 0.4) is 0 Å². The van der Waals surface area contributed by atoms with Crippen LogP contribution in [0.15, 0.2) is 12.1 Å². The molecule has 0 spiro atoms. The molecule has 0 N–H and O–H groups in total. The minimum absolute atomic E-state index is 0.290. The van der Waals surface area contributed by atoms with Crippen molar-refractivity contribution in [2.75, 3.05) is 0 Å². The number of ether oxygens (including phenoxy) is 1.